The number of pyridine rings is 1. The van der Waals surface area contributed by atoms with Crippen molar-refractivity contribution in [2.45, 2.75) is 33.1 Å². The molecule has 1 aromatic heterocycles. The van der Waals surface area contributed by atoms with Crippen LogP contribution in [0.5, 0.6) is 11.6 Å². The summed E-state index contributed by atoms with van der Waals surface area (Å²) in [5.41, 5.74) is 8.50. The van der Waals surface area contributed by atoms with Gasteiger partial charge >= 0.3 is 0 Å². The number of hydrogen-bond donors (Lipinski definition) is 2. The van der Waals surface area contributed by atoms with E-state index in [-0.39, 0.29) is 11.3 Å². The van der Waals surface area contributed by atoms with Gasteiger partial charge in [0.05, 0.1) is 0 Å². The molecule has 0 saturated carbocycles. The van der Waals surface area contributed by atoms with Gasteiger partial charge in [-0.3, -0.25) is 5.41 Å². The van der Waals surface area contributed by atoms with Crippen molar-refractivity contribution in [3.63, 3.8) is 0 Å². The molecule has 1 heterocycles. The van der Waals surface area contributed by atoms with E-state index >= 15 is 0 Å². The summed E-state index contributed by atoms with van der Waals surface area (Å²) < 4.78 is 5.80. The number of aromatic nitrogens is 1. The summed E-state index contributed by atoms with van der Waals surface area (Å²) in [6.07, 6.45) is 1.59. The first kappa shape index (κ1) is 15.0. The van der Waals surface area contributed by atoms with E-state index in [4.69, 9.17) is 15.9 Å². The third-order valence-electron chi connectivity index (χ3n) is 3.30. The van der Waals surface area contributed by atoms with Crippen molar-refractivity contribution < 1.29 is 4.74 Å². The topological polar surface area (TPSA) is 72.0 Å². The number of amidine groups is 1. The lowest BCUT2D eigenvalue weighted by atomic mass is 9.86. The van der Waals surface area contributed by atoms with Gasteiger partial charge in [-0.1, -0.05) is 32.9 Å². The molecule has 0 radical (unpaired) electrons. The molecule has 0 unspecified atom stereocenters. The zero-order chi connectivity index (χ0) is 15.6. The first-order valence-corrected chi connectivity index (χ1v) is 6.87. The Bertz CT molecular complexity index is 672. The van der Waals surface area contributed by atoms with E-state index in [0.717, 1.165) is 11.3 Å². The highest BCUT2D eigenvalue weighted by molar-refractivity contribution is 5.95. The molecule has 110 valence electrons. The molecule has 0 spiro atoms. The molecule has 4 nitrogen and oxygen atoms in total. The maximum absolute atomic E-state index is 7.45. The first-order valence-electron chi connectivity index (χ1n) is 6.87. The molecule has 3 N–H and O–H groups in total. The van der Waals surface area contributed by atoms with Crippen LogP contribution in [-0.4, -0.2) is 10.8 Å². The van der Waals surface area contributed by atoms with Gasteiger partial charge in [-0.25, -0.2) is 4.98 Å². The van der Waals surface area contributed by atoms with E-state index in [1.165, 1.54) is 5.56 Å². The molecule has 4 heteroatoms. The van der Waals surface area contributed by atoms with Crippen LogP contribution in [0, 0.1) is 12.3 Å². The normalized spacial score (nSPS) is 11.2. The van der Waals surface area contributed by atoms with Crippen molar-refractivity contribution in [1.29, 1.82) is 5.41 Å². The molecule has 0 saturated heterocycles. The molecule has 0 aliphatic carbocycles. The number of nitrogen functional groups attached to an aromatic ring is 1. The minimum Gasteiger partial charge on any atom is -0.439 e. The maximum atomic E-state index is 7.45. The van der Waals surface area contributed by atoms with Crippen molar-refractivity contribution in [2.75, 3.05) is 0 Å². The number of rotatable bonds is 3. The number of benzene rings is 1. The summed E-state index contributed by atoms with van der Waals surface area (Å²) in [5, 5.41) is 7.45. The number of nitrogens with zero attached hydrogens (tertiary/aromatic N) is 1. The van der Waals surface area contributed by atoms with Gasteiger partial charge in [0.1, 0.15) is 11.6 Å². The summed E-state index contributed by atoms with van der Waals surface area (Å²) in [7, 11) is 0. The van der Waals surface area contributed by atoms with E-state index in [2.05, 4.69) is 37.9 Å². The summed E-state index contributed by atoms with van der Waals surface area (Å²) in [6, 6.07) is 9.50. The maximum Gasteiger partial charge on any atom is 0.219 e. The van der Waals surface area contributed by atoms with Crippen LogP contribution in [0.4, 0.5) is 0 Å². The molecular weight excluding hydrogens is 262 g/mol. The SMILES string of the molecule is Cc1cc(C(C)(C)C)ccc1Oc1cc(C(=N)N)ccn1. The standard InChI is InChI=1S/C17H21N3O/c1-11-9-13(17(2,3)4)5-6-14(11)21-15-10-12(16(18)19)7-8-20-15/h5-10H,1-4H3,(H3,18,19). The molecule has 0 fully saturated rings. The Kier molecular flexibility index (Phi) is 3.98. The van der Waals surface area contributed by atoms with Crippen LogP contribution in [0.15, 0.2) is 36.5 Å². The van der Waals surface area contributed by atoms with Crippen LogP contribution in [0.1, 0.15) is 37.5 Å². The number of aryl methyl sites for hydroxylation is 1. The largest absolute Gasteiger partial charge is 0.439 e. The fraction of sp³-hybridized carbons (Fsp3) is 0.294. The predicted octanol–water partition coefficient (Wildman–Crippen LogP) is 3.76. The van der Waals surface area contributed by atoms with Crippen LogP contribution in [0.2, 0.25) is 0 Å². The van der Waals surface area contributed by atoms with Crippen molar-refractivity contribution in [3.8, 4) is 11.6 Å². The van der Waals surface area contributed by atoms with E-state index in [0.29, 0.717) is 11.4 Å². The van der Waals surface area contributed by atoms with Crippen LogP contribution in [0.25, 0.3) is 0 Å². The van der Waals surface area contributed by atoms with Crippen molar-refractivity contribution in [3.05, 3.63) is 53.2 Å². The lowest BCUT2D eigenvalue weighted by Crippen LogP contribution is -2.11. The molecule has 21 heavy (non-hydrogen) atoms. The van der Waals surface area contributed by atoms with Gasteiger partial charge in [0.2, 0.25) is 5.88 Å². The van der Waals surface area contributed by atoms with Gasteiger partial charge in [-0.15, -0.1) is 0 Å². The Balaban J connectivity index is 2.28. The Morgan fingerprint density at radius 1 is 1.19 bits per heavy atom. The van der Waals surface area contributed by atoms with E-state index < -0.39 is 0 Å². The van der Waals surface area contributed by atoms with Gasteiger partial charge in [0, 0.05) is 17.8 Å². The van der Waals surface area contributed by atoms with Gasteiger partial charge in [0.15, 0.2) is 0 Å². The average molecular weight is 283 g/mol. The fourth-order valence-electron chi connectivity index (χ4n) is 1.98. The lowest BCUT2D eigenvalue weighted by molar-refractivity contribution is 0.458. The summed E-state index contributed by atoms with van der Waals surface area (Å²) in [5.74, 6) is 1.20. The van der Waals surface area contributed by atoms with Crippen LogP contribution in [0.3, 0.4) is 0 Å². The van der Waals surface area contributed by atoms with E-state index in [1.807, 2.05) is 13.0 Å². The summed E-state index contributed by atoms with van der Waals surface area (Å²) >= 11 is 0. The third-order valence-corrected chi connectivity index (χ3v) is 3.30. The zero-order valence-electron chi connectivity index (χ0n) is 12.9. The van der Waals surface area contributed by atoms with E-state index in [1.54, 1.807) is 18.3 Å². The van der Waals surface area contributed by atoms with Gasteiger partial charge in [0.25, 0.3) is 0 Å². The molecule has 2 aromatic rings. The minimum atomic E-state index is 0.00190. The van der Waals surface area contributed by atoms with Gasteiger partial charge in [-0.2, -0.15) is 0 Å². The molecule has 2 rings (SSSR count). The van der Waals surface area contributed by atoms with Crippen molar-refractivity contribution >= 4 is 5.84 Å². The highest BCUT2D eigenvalue weighted by Gasteiger charge is 2.15. The molecular formula is C17H21N3O. The second-order valence-corrected chi connectivity index (χ2v) is 6.13. The molecule has 0 atom stereocenters. The van der Waals surface area contributed by atoms with Crippen molar-refractivity contribution in [2.24, 2.45) is 5.73 Å². The Hall–Kier alpha value is -2.36. The second-order valence-electron chi connectivity index (χ2n) is 6.13. The monoisotopic (exact) mass is 283 g/mol. The highest BCUT2D eigenvalue weighted by atomic mass is 16.5. The van der Waals surface area contributed by atoms with E-state index in [9.17, 15) is 0 Å². The predicted molar refractivity (Wildman–Crippen MR) is 85.2 cm³/mol. The third kappa shape index (κ3) is 3.60. The fourth-order valence-corrected chi connectivity index (χ4v) is 1.98. The molecule has 1 aromatic carbocycles. The Morgan fingerprint density at radius 3 is 2.48 bits per heavy atom. The zero-order valence-corrected chi connectivity index (χ0v) is 12.9. The van der Waals surface area contributed by atoms with Crippen molar-refractivity contribution in [1.82, 2.24) is 4.98 Å². The molecule has 0 amide bonds. The lowest BCUT2D eigenvalue weighted by Gasteiger charge is -2.20. The summed E-state index contributed by atoms with van der Waals surface area (Å²) in [4.78, 5) is 4.15. The Morgan fingerprint density at radius 2 is 1.90 bits per heavy atom. The highest BCUT2D eigenvalue weighted by Crippen LogP contribution is 2.29. The average Bonchev–Trinajstić information content (AvgIpc) is 2.40. The minimum absolute atomic E-state index is 0.00190. The first-order chi connectivity index (χ1) is 9.77. The van der Waals surface area contributed by atoms with Crippen LogP contribution in [-0.2, 0) is 5.41 Å². The number of nitrogens with two attached hydrogens (primary N) is 1. The van der Waals surface area contributed by atoms with Gasteiger partial charge in [-0.05, 0) is 35.6 Å². The molecule has 0 aliphatic heterocycles. The van der Waals surface area contributed by atoms with Crippen LogP contribution < -0.4 is 10.5 Å². The van der Waals surface area contributed by atoms with Gasteiger partial charge < -0.3 is 10.5 Å². The number of ether oxygens (including phenoxy) is 1. The molecule has 0 aliphatic rings. The quantitative estimate of drug-likeness (QED) is 0.665. The molecule has 0 bridgehead atoms. The van der Waals surface area contributed by atoms with Crippen LogP contribution >= 0.6 is 0 Å². The second kappa shape index (κ2) is 5.56. The Labute approximate surface area is 125 Å². The number of hydrogen-bond acceptors (Lipinski definition) is 3. The smallest absolute Gasteiger partial charge is 0.219 e. The summed E-state index contributed by atoms with van der Waals surface area (Å²) in [6.45, 7) is 8.56. The number of nitrogens with one attached hydrogen (secondary N) is 1.